The van der Waals surface area contributed by atoms with E-state index < -0.39 is 17.8 Å². The van der Waals surface area contributed by atoms with Crippen LogP contribution in [0.1, 0.15) is 0 Å². The zero-order chi connectivity index (χ0) is 11.0. The van der Waals surface area contributed by atoms with Gasteiger partial charge in [-0.1, -0.05) is 17.7 Å². The Bertz CT molecular complexity index is 434. The summed E-state index contributed by atoms with van der Waals surface area (Å²) >= 11 is 5.54. The molecule has 1 aromatic rings. The number of halogens is 2. The number of carbonyl (C=O) groups is 2. The zero-order valence-corrected chi connectivity index (χ0v) is 8.21. The Balaban J connectivity index is 2.49. The topological polar surface area (TPSA) is 49.4 Å². The molecule has 0 bridgehead atoms. The second kappa shape index (κ2) is 3.51. The van der Waals surface area contributed by atoms with E-state index in [0.29, 0.717) is 0 Å². The highest BCUT2D eigenvalue weighted by Crippen LogP contribution is 2.26. The molecule has 1 aliphatic heterocycles. The number of nitrogens with zero attached hydrogens (tertiary/aromatic N) is 1. The number of hydrogen-bond donors (Lipinski definition) is 1. The molecule has 6 heteroatoms. The maximum atomic E-state index is 13.5. The van der Waals surface area contributed by atoms with Crippen molar-refractivity contribution in [3.05, 3.63) is 29.0 Å². The number of nitrogens with one attached hydrogen (secondary N) is 1. The number of imide groups is 1. The molecule has 0 saturated carbocycles. The van der Waals surface area contributed by atoms with Crippen LogP contribution in [0.25, 0.3) is 0 Å². The van der Waals surface area contributed by atoms with Crippen molar-refractivity contribution in [3.8, 4) is 0 Å². The van der Waals surface area contributed by atoms with Crippen LogP contribution < -0.4 is 10.2 Å². The van der Waals surface area contributed by atoms with Crippen molar-refractivity contribution in [1.82, 2.24) is 5.32 Å². The van der Waals surface area contributed by atoms with Crippen molar-refractivity contribution in [2.75, 3.05) is 11.4 Å². The van der Waals surface area contributed by atoms with Crippen molar-refractivity contribution in [1.29, 1.82) is 0 Å². The van der Waals surface area contributed by atoms with E-state index in [9.17, 15) is 14.0 Å². The summed E-state index contributed by atoms with van der Waals surface area (Å²) in [5.74, 6) is -1.27. The molecule has 1 aromatic carbocycles. The van der Waals surface area contributed by atoms with Gasteiger partial charge in [0.1, 0.15) is 0 Å². The van der Waals surface area contributed by atoms with Crippen LogP contribution in [-0.4, -0.2) is 18.5 Å². The number of hydrogen-bond acceptors (Lipinski definition) is 2. The van der Waals surface area contributed by atoms with E-state index in [2.05, 4.69) is 5.32 Å². The summed E-state index contributed by atoms with van der Waals surface area (Å²) in [7, 11) is 0. The van der Waals surface area contributed by atoms with Crippen LogP contribution in [0.3, 0.4) is 0 Å². The van der Waals surface area contributed by atoms with Gasteiger partial charge in [0.15, 0.2) is 5.82 Å². The van der Waals surface area contributed by atoms with E-state index in [-0.39, 0.29) is 17.3 Å². The molecule has 2 rings (SSSR count). The first-order valence-electron chi connectivity index (χ1n) is 4.16. The molecule has 3 amide bonds. The third kappa shape index (κ3) is 1.55. The average molecular weight is 229 g/mol. The van der Waals surface area contributed by atoms with Gasteiger partial charge in [-0.3, -0.25) is 4.79 Å². The standard InChI is InChI=1S/C9H6ClFN2O2/c10-5-2-1-3-6(8(5)11)13-7(14)4-12-9(13)15/h1-3H,4H2,(H,12,15). The lowest BCUT2D eigenvalue weighted by Gasteiger charge is -2.13. The van der Waals surface area contributed by atoms with Crippen LogP contribution in [-0.2, 0) is 4.79 Å². The minimum Gasteiger partial charge on any atom is -0.328 e. The van der Waals surface area contributed by atoms with Crippen LogP contribution in [0, 0.1) is 5.82 Å². The second-order valence-electron chi connectivity index (χ2n) is 2.96. The maximum absolute atomic E-state index is 13.5. The molecule has 0 radical (unpaired) electrons. The van der Waals surface area contributed by atoms with Gasteiger partial charge in [0, 0.05) is 0 Å². The first-order chi connectivity index (χ1) is 7.11. The molecule has 1 aliphatic rings. The fourth-order valence-electron chi connectivity index (χ4n) is 1.33. The molecule has 1 fully saturated rings. The molecular weight excluding hydrogens is 223 g/mol. The first kappa shape index (κ1) is 9.92. The van der Waals surface area contributed by atoms with Gasteiger partial charge in [-0.2, -0.15) is 0 Å². The molecule has 0 atom stereocenters. The first-order valence-corrected chi connectivity index (χ1v) is 4.54. The summed E-state index contributed by atoms with van der Waals surface area (Å²) in [5.41, 5.74) is -0.123. The Labute approximate surface area is 89.6 Å². The van der Waals surface area contributed by atoms with Gasteiger partial charge in [-0.05, 0) is 12.1 Å². The second-order valence-corrected chi connectivity index (χ2v) is 3.37. The van der Waals surface area contributed by atoms with E-state index in [1.54, 1.807) is 0 Å². The molecule has 0 spiro atoms. The van der Waals surface area contributed by atoms with E-state index >= 15 is 0 Å². The van der Waals surface area contributed by atoms with E-state index in [4.69, 9.17) is 11.6 Å². The summed E-state index contributed by atoms with van der Waals surface area (Å²) in [6.45, 7) is -0.120. The summed E-state index contributed by atoms with van der Waals surface area (Å²) in [5, 5.41) is 2.17. The van der Waals surface area contributed by atoms with Crippen molar-refractivity contribution in [2.45, 2.75) is 0 Å². The largest absolute Gasteiger partial charge is 0.329 e. The predicted octanol–water partition coefficient (Wildman–Crippen LogP) is 1.54. The smallest absolute Gasteiger partial charge is 0.328 e. The van der Waals surface area contributed by atoms with Crippen LogP contribution in [0.2, 0.25) is 5.02 Å². The molecule has 15 heavy (non-hydrogen) atoms. The Morgan fingerprint density at radius 3 is 2.73 bits per heavy atom. The number of carbonyl (C=O) groups excluding carboxylic acids is 2. The minimum atomic E-state index is -0.774. The highest BCUT2D eigenvalue weighted by Gasteiger charge is 2.32. The lowest BCUT2D eigenvalue weighted by molar-refractivity contribution is -0.115. The van der Waals surface area contributed by atoms with Crippen LogP contribution in [0.5, 0.6) is 0 Å². The fourth-order valence-corrected chi connectivity index (χ4v) is 1.50. The SMILES string of the molecule is O=C1CNC(=O)N1c1cccc(Cl)c1F. The van der Waals surface area contributed by atoms with Crippen molar-refractivity contribution >= 4 is 29.2 Å². The van der Waals surface area contributed by atoms with Gasteiger partial charge in [0.25, 0.3) is 5.91 Å². The molecular formula is C9H6ClFN2O2. The third-order valence-electron chi connectivity index (χ3n) is 2.02. The summed E-state index contributed by atoms with van der Waals surface area (Å²) < 4.78 is 13.5. The van der Waals surface area contributed by atoms with Crippen LogP contribution in [0.15, 0.2) is 18.2 Å². The quantitative estimate of drug-likeness (QED) is 0.742. The Kier molecular flexibility index (Phi) is 2.32. The van der Waals surface area contributed by atoms with E-state index in [1.165, 1.54) is 18.2 Å². The molecule has 1 N–H and O–H groups in total. The van der Waals surface area contributed by atoms with Crippen molar-refractivity contribution in [3.63, 3.8) is 0 Å². The minimum absolute atomic E-state index is 0.120. The summed E-state index contributed by atoms with van der Waals surface area (Å²) in [6, 6.07) is 3.50. The van der Waals surface area contributed by atoms with Crippen LogP contribution >= 0.6 is 11.6 Å². The average Bonchev–Trinajstić information content (AvgIpc) is 2.52. The number of benzene rings is 1. The molecule has 0 aliphatic carbocycles. The van der Waals surface area contributed by atoms with Crippen molar-refractivity contribution in [2.24, 2.45) is 0 Å². The van der Waals surface area contributed by atoms with E-state index in [1.807, 2.05) is 0 Å². The highest BCUT2D eigenvalue weighted by molar-refractivity contribution is 6.31. The van der Waals surface area contributed by atoms with Gasteiger partial charge < -0.3 is 5.32 Å². The molecule has 78 valence electrons. The number of rotatable bonds is 1. The monoisotopic (exact) mass is 228 g/mol. The molecule has 1 saturated heterocycles. The van der Waals surface area contributed by atoms with Gasteiger partial charge in [-0.25, -0.2) is 14.1 Å². The Hall–Kier alpha value is -1.62. The number of urea groups is 1. The number of amides is 3. The van der Waals surface area contributed by atoms with Gasteiger partial charge in [-0.15, -0.1) is 0 Å². The normalized spacial score (nSPS) is 15.7. The fraction of sp³-hybridized carbons (Fsp3) is 0.111. The van der Waals surface area contributed by atoms with Crippen molar-refractivity contribution < 1.29 is 14.0 Å². The number of anilines is 1. The zero-order valence-electron chi connectivity index (χ0n) is 7.46. The van der Waals surface area contributed by atoms with Crippen LogP contribution in [0.4, 0.5) is 14.9 Å². The van der Waals surface area contributed by atoms with E-state index in [0.717, 1.165) is 4.90 Å². The lowest BCUT2D eigenvalue weighted by Crippen LogP contribution is -2.31. The molecule has 0 aromatic heterocycles. The molecule has 0 unspecified atom stereocenters. The predicted molar refractivity (Wildman–Crippen MR) is 52.3 cm³/mol. The van der Waals surface area contributed by atoms with Gasteiger partial charge >= 0.3 is 6.03 Å². The maximum Gasteiger partial charge on any atom is 0.329 e. The molecule has 1 heterocycles. The third-order valence-corrected chi connectivity index (χ3v) is 2.31. The van der Waals surface area contributed by atoms with Gasteiger partial charge in [0.2, 0.25) is 0 Å². The summed E-state index contributed by atoms with van der Waals surface area (Å²) in [6.07, 6.45) is 0. The highest BCUT2D eigenvalue weighted by atomic mass is 35.5. The Morgan fingerprint density at radius 2 is 2.13 bits per heavy atom. The van der Waals surface area contributed by atoms with Gasteiger partial charge in [0.05, 0.1) is 17.3 Å². The Morgan fingerprint density at radius 1 is 1.40 bits per heavy atom. The molecule has 4 nitrogen and oxygen atoms in total. The lowest BCUT2D eigenvalue weighted by atomic mass is 10.3. The summed E-state index contributed by atoms with van der Waals surface area (Å²) in [4.78, 5) is 23.3.